The monoisotopic (exact) mass is 408 g/mol. The molecule has 0 amide bonds. The average Bonchev–Trinajstić information content (AvgIpc) is 2.72. The number of ether oxygens (including phenoxy) is 1. The predicted octanol–water partition coefficient (Wildman–Crippen LogP) is 3.39. The highest BCUT2D eigenvalue weighted by Gasteiger charge is 2.38. The molecule has 0 bridgehead atoms. The van der Waals surface area contributed by atoms with Crippen LogP contribution in [0.2, 0.25) is 0 Å². The molecule has 6 nitrogen and oxygen atoms in total. The van der Waals surface area contributed by atoms with Crippen LogP contribution < -0.4 is 14.5 Å². The number of β-amino-alcohol motifs (C(OH)–C–C–N with tert-alkyl or cyclic N) is 1. The Hall–Kier alpha value is -2.93. The number of anilines is 2. The Morgan fingerprint density at radius 2 is 1.90 bits per heavy atom. The lowest BCUT2D eigenvalue weighted by molar-refractivity contribution is 0.0307. The normalized spacial score (nSPS) is 20.8. The summed E-state index contributed by atoms with van der Waals surface area (Å²) in [5.74, 6) is 1.86. The first-order chi connectivity index (χ1) is 14.5. The Bertz CT molecular complexity index is 1050. The van der Waals surface area contributed by atoms with Crippen molar-refractivity contribution >= 4 is 22.7 Å². The molecule has 0 spiro atoms. The maximum absolute atomic E-state index is 13.9. The molecule has 5 rings (SSSR count). The van der Waals surface area contributed by atoms with E-state index in [-0.39, 0.29) is 11.9 Å². The summed E-state index contributed by atoms with van der Waals surface area (Å²) in [7, 11) is 0. The topological polar surface area (TPSA) is 61.7 Å². The summed E-state index contributed by atoms with van der Waals surface area (Å²) >= 11 is 0. The summed E-state index contributed by atoms with van der Waals surface area (Å²) in [6.45, 7) is 4.30. The zero-order valence-corrected chi connectivity index (χ0v) is 17.0. The van der Waals surface area contributed by atoms with Crippen molar-refractivity contribution in [1.29, 1.82) is 0 Å². The van der Waals surface area contributed by atoms with Gasteiger partial charge in [-0.05, 0) is 44.0 Å². The number of piperidine rings is 1. The van der Waals surface area contributed by atoms with Crippen molar-refractivity contribution in [1.82, 2.24) is 9.97 Å². The van der Waals surface area contributed by atoms with E-state index in [0.717, 1.165) is 36.3 Å². The number of hydrogen-bond acceptors (Lipinski definition) is 6. The van der Waals surface area contributed by atoms with Gasteiger partial charge < -0.3 is 19.6 Å². The Kier molecular flexibility index (Phi) is 4.70. The highest BCUT2D eigenvalue weighted by atomic mass is 19.1. The van der Waals surface area contributed by atoms with E-state index in [1.54, 1.807) is 6.07 Å². The molecule has 2 aliphatic rings. The summed E-state index contributed by atoms with van der Waals surface area (Å²) in [6.07, 6.45) is 1.98. The van der Waals surface area contributed by atoms with Crippen molar-refractivity contribution < 1.29 is 14.2 Å². The molecule has 1 unspecified atom stereocenters. The molecule has 1 aromatic heterocycles. The lowest BCUT2D eigenvalue weighted by Crippen LogP contribution is -2.60. The molecule has 2 fully saturated rings. The summed E-state index contributed by atoms with van der Waals surface area (Å²) in [4.78, 5) is 13.6. The molecule has 3 aromatic rings. The van der Waals surface area contributed by atoms with Gasteiger partial charge in [-0.15, -0.1) is 0 Å². The van der Waals surface area contributed by atoms with Gasteiger partial charge in [0.2, 0.25) is 5.95 Å². The minimum absolute atomic E-state index is 0.0427. The number of aromatic nitrogens is 2. The lowest BCUT2D eigenvalue weighted by Gasteiger charge is -2.45. The van der Waals surface area contributed by atoms with E-state index in [1.807, 2.05) is 42.2 Å². The molecule has 2 aliphatic heterocycles. The molecule has 3 heterocycles. The van der Waals surface area contributed by atoms with Gasteiger partial charge in [0.25, 0.3) is 0 Å². The lowest BCUT2D eigenvalue weighted by atomic mass is 9.96. The first kappa shape index (κ1) is 19.1. The molecule has 0 radical (unpaired) electrons. The standard InChI is InChI=1S/C23H25FN4O2/c1-23(29)14-28(15-23)21-19-10-9-16(24)12-20(19)25-22(26-21)27-11-5-8-18(13-27)30-17-6-3-2-4-7-17/h2-4,6-7,9-10,12,18,29H,5,8,11,13-15H2,1H3. The largest absolute Gasteiger partial charge is 0.489 e. The molecule has 0 aliphatic carbocycles. The molecule has 1 N–H and O–H groups in total. The van der Waals surface area contributed by atoms with Gasteiger partial charge >= 0.3 is 0 Å². The fraction of sp³-hybridized carbons (Fsp3) is 0.391. The van der Waals surface area contributed by atoms with Crippen LogP contribution in [-0.2, 0) is 0 Å². The number of aliphatic hydroxyl groups is 1. The van der Waals surface area contributed by atoms with Gasteiger partial charge in [0.15, 0.2) is 0 Å². The Labute approximate surface area is 174 Å². The van der Waals surface area contributed by atoms with E-state index in [1.165, 1.54) is 12.1 Å². The minimum atomic E-state index is -0.725. The molecular weight excluding hydrogens is 383 g/mol. The van der Waals surface area contributed by atoms with E-state index in [2.05, 4.69) is 9.88 Å². The van der Waals surface area contributed by atoms with Crippen LogP contribution in [0.1, 0.15) is 19.8 Å². The number of fused-ring (bicyclic) bond motifs is 1. The van der Waals surface area contributed by atoms with Gasteiger partial charge in [-0.25, -0.2) is 9.37 Å². The summed E-state index contributed by atoms with van der Waals surface area (Å²) in [5.41, 5.74) is -0.148. The molecule has 2 aromatic carbocycles. The van der Waals surface area contributed by atoms with Crippen LogP contribution >= 0.6 is 0 Å². The highest BCUT2D eigenvalue weighted by Crippen LogP contribution is 2.33. The van der Waals surface area contributed by atoms with Gasteiger partial charge in [-0.1, -0.05) is 18.2 Å². The quantitative estimate of drug-likeness (QED) is 0.714. The van der Waals surface area contributed by atoms with Crippen LogP contribution in [0.3, 0.4) is 0 Å². The van der Waals surface area contributed by atoms with Crippen molar-refractivity contribution in [3.63, 3.8) is 0 Å². The number of nitrogens with zero attached hydrogens (tertiary/aromatic N) is 4. The highest BCUT2D eigenvalue weighted by molar-refractivity contribution is 5.91. The Morgan fingerprint density at radius 1 is 1.10 bits per heavy atom. The van der Waals surface area contributed by atoms with Crippen molar-refractivity contribution in [2.24, 2.45) is 0 Å². The zero-order chi connectivity index (χ0) is 20.7. The van der Waals surface area contributed by atoms with Gasteiger partial charge in [0.1, 0.15) is 23.5 Å². The second-order valence-corrected chi connectivity index (χ2v) is 8.50. The van der Waals surface area contributed by atoms with Crippen LogP contribution in [0.5, 0.6) is 5.75 Å². The fourth-order valence-electron chi connectivity index (χ4n) is 4.29. The summed E-state index contributed by atoms with van der Waals surface area (Å²) in [5, 5.41) is 11.0. The van der Waals surface area contributed by atoms with E-state index < -0.39 is 5.60 Å². The average molecular weight is 408 g/mol. The molecule has 7 heteroatoms. The van der Waals surface area contributed by atoms with E-state index >= 15 is 0 Å². The fourth-order valence-corrected chi connectivity index (χ4v) is 4.29. The first-order valence-corrected chi connectivity index (χ1v) is 10.4. The molecule has 2 saturated heterocycles. The van der Waals surface area contributed by atoms with E-state index in [9.17, 15) is 9.50 Å². The maximum atomic E-state index is 13.9. The van der Waals surface area contributed by atoms with Crippen LogP contribution in [0.4, 0.5) is 16.2 Å². The second kappa shape index (κ2) is 7.40. The van der Waals surface area contributed by atoms with Gasteiger partial charge in [-0.2, -0.15) is 4.98 Å². The van der Waals surface area contributed by atoms with E-state index in [4.69, 9.17) is 9.72 Å². The van der Waals surface area contributed by atoms with Gasteiger partial charge in [0.05, 0.1) is 17.7 Å². The van der Waals surface area contributed by atoms with Crippen LogP contribution in [0.25, 0.3) is 10.9 Å². The number of para-hydroxylation sites is 1. The van der Waals surface area contributed by atoms with Crippen LogP contribution in [0.15, 0.2) is 48.5 Å². The Morgan fingerprint density at radius 3 is 2.67 bits per heavy atom. The third kappa shape index (κ3) is 3.77. The molecule has 0 saturated carbocycles. The van der Waals surface area contributed by atoms with Gasteiger partial charge in [0, 0.05) is 31.1 Å². The maximum Gasteiger partial charge on any atom is 0.228 e. The smallest absolute Gasteiger partial charge is 0.228 e. The van der Waals surface area contributed by atoms with Crippen molar-refractivity contribution in [2.75, 3.05) is 36.0 Å². The number of hydrogen-bond donors (Lipinski definition) is 1. The zero-order valence-electron chi connectivity index (χ0n) is 17.0. The minimum Gasteiger partial charge on any atom is -0.489 e. The summed E-state index contributed by atoms with van der Waals surface area (Å²) < 4.78 is 20.1. The first-order valence-electron chi connectivity index (χ1n) is 10.4. The van der Waals surface area contributed by atoms with E-state index in [0.29, 0.717) is 31.1 Å². The number of benzene rings is 2. The molecule has 30 heavy (non-hydrogen) atoms. The third-order valence-corrected chi connectivity index (χ3v) is 5.70. The number of halogens is 1. The van der Waals surface area contributed by atoms with Crippen LogP contribution in [-0.4, -0.2) is 53.0 Å². The van der Waals surface area contributed by atoms with Crippen molar-refractivity contribution in [3.8, 4) is 5.75 Å². The third-order valence-electron chi connectivity index (χ3n) is 5.70. The molecule has 156 valence electrons. The SMILES string of the molecule is CC1(O)CN(c2nc(N3CCCC(Oc4ccccc4)C3)nc3cc(F)ccc23)C1. The Balaban J connectivity index is 1.44. The molecule has 1 atom stereocenters. The number of rotatable bonds is 4. The predicted molar refractivity (Wildman–Crippen MR) is 115 cm³/mol. The van der Waals surface area contributed by atoms with Crippen molar-refractivity contribution in [2.45, 2.75) is 31.5 Å². The van der Waals surface area contributed by atoms with Gasteiger partial charge in [-0.3, -0.25) is 0 Å². The molecular formula is C23H25FN4O2. The second-order valence-electron chi connectivity index (χ2n) is 8.50. The van der Waals surface area contributed by atoms with Crippen molar-refractivity contribution in [3.05, 3.63) is 54.3 Å². The van der Waals surface area contributed by atoms with Crippen LogP contribution in [0, 0.1) is 5.82 Å². The summed E-state index contributed by atoms with van der Waals surface area (Å²) in [6, 6.07) is 14.4.